The predicted molar refractivity (Wildman–Crippen MR) is 102 cm³/mol. The van der Waals surface area contributed by atoms with Crippen LogP contribution in [0.25, 0.3) is 0 Å². The molecule has 3 aromatic rings. The van der Waals surface area contributed by atoms with Crippen LogP contribution < -0.4 is 15.8 Å². The molecule has 0 bridgehead atoms. The molecule has 0 unspecified atom stereocenters. The Labute approximate surface area is 154 Å². The average molecular weight is 400 g/mol. The molecule has 0 spiro atoms. The van der Waals surface area contributed by atoms with E-state index in [2.05, 4.69) is 50.0 Å². The number of nitrogen functional groups attached to an aromatic ring is 1. The fraction of sp³-hybridized carbons (Fsp3) is 0.167. The van der Waals surface area contributed by atoms with Crippen LogP contribution in [0.5, 0.6) is 11.6 Å². The molecule has 0 radical (unpaired) electrons. The highest BCUT2D eigenvalue weighted by molar-refractivity contribution is 9.10. The monoisotopic (exact) mass is 399 g/mol. The fourth-order valence-corrected chi connectivity index (χ4v) is 2.40. The van der Waals surface area contributed by atoms with Crippen LogP contribution in [0.3, 0.4) is 0 Å². The van der Waals surface area contributed by atoms with Gasteiger partial charge in [-0.1, -0.05) is 26.0 Å². The molecule has 0 amide bonds. The third kappa shape index (κ3) is 4.24. The Balaban J connectivity index is 1.79. The number of nitrogens with zero attached hydrogens (tertiary/aromatic N) is 3. The summed E-state index contributed by atoms with van der Waals surface area (Å²) in [4.78, 5) is 12.5. The number of nitrogens with two attached hydrogens (primary N) is 1. The second kappa shape index (κ2) is 7.48. The lowest BCUT2D eigenvalue weighted by Crippen LogP contribution is -2.04. The van der Waals surface area contributed by atoms with Crippen LogP contribution in [0.1, 0.15) is 25.3 Å². The van der Waals surface area contributed by atoms with Crippen molar-refractivity contribution in [2.75, 3.05) is 11.1 Å². The van der Waals surface area contributed by atoms with Crippen molar-refractivity contribution in [3.05, 3.63) is 59.0 Å². The molecule has 0 aliphatic rings. The number of halogens is 1. The van der Waals surface area contributed by atoms with Gasteiger partial charge in [-0.25, -0.2) is 9.97 Å². The van der Waals surface area contributed by atoms with Crippen LogP contribution in [0.15, 0.2) is 53.4 Å². The Kier molecular flexibility index (Phi) is 5.14. The van der Waals surface area contributed by atoms with Crippen LogP contribution in [0.4, 0.5) is 17.3 Å². The third-order valence-corrected chi connectivity index (χ3v) is 4.05. The van der Waals surface area contributed by atoms with Gasteiger partial charge in [0.2, 0.25) is 5.88 Å². The molecule has 128 valence electrons. The Morgan fingerprint density at radius 3 is 2.44 bits per heavy atom. The molecule has 0 saturated heterocycles. The maximum absolute atomic E-state index is 6.14. The molecule has 2 aromatic heterocycles. The maximum atomic E-state index is 6.14. The number of benzene rings is 1. The molecule has 0 fully saturated rings. The molecule has 3 N–H and O–H groups in total. The Morgan fingerprint density at radius 2 is 1.80 bits per heavy atom. The van der Waals surface area contributed by atoms with Crippen LogP contribution in [0.2, 0.25) is 0 Å². The van der Waals surface area contributed by atoms with Crippen molar-refractivity contribution >= 4 is 33.3 Å². The van der Waals surface area contributed by atoms with E-state index in [0.717, 1.165) is 4.47 Å². The highest BCUT2D eigenvalue weighted by atomic mass is 79.9. The molecule has 0 atom stereocenters. The Morgan fingerprint density at radius 1 is 1.04 bits per heavy atom. The van der Waals surface area contributed by atoms with Crippen LogP contribution in [-0.4, -0.2) is 15.0 Å². The molecule has 0 aliphatic heterocycles. The Bertz CT molecular complexity index is 850. The van der Waals surface area contributed by atoms with Gasteiger partial charge >= 0.3 is 0 Å². The van der Waals surface area contributed by atoms with Crippen molar-refractivity contribution in [3.8, 4) is 11.6 Å². The molecule has 7 heteroatoms. The summed E-state index contributed by atoms with van der Waals surface area (Å²) in [5, 5.41) is 3.06. The third-order valence-electron chi connectivity index (χ3n) is 3.58. The molecule has 1 aromatic carbocycles. The highest BCUT2D eigenvalue weighted by Crippen LogP contribution is 2.31. The minimum atomic E-state index is 0.298. The molecule has 3 rings (SSSR count). The summed E-state index contributed by atoms with van der Waals surface area (Å²) >= 11 is 3.35. The first-order valence-corrected chi connectivity index (χ1v) is 8.59. The zero-order chi connectivity index (χ0) is 17.8. The Hall–Kier alpha value is -2.67. The summed E-state index contributed by atoms with van der Waals surface area (Å²) < 4.78 is 6.69. The largest absolute Gasteiger partial charge is 0.437 e. The van der Waals surface area contributed by atoms with E-state index in [4.69, 9.17) is 10.5 Å². The zero-order valence-corrected chi connectivity index (χ0v) is 15.5. The smallest absolute Gasteiger partial charge is 0.248 e. The summed E-state index contributed by atoms with van der Waals surface area (Å²) in [7, 11) is 0. The molecule has 2 heterocycles. The van der Waals surface area contributed by atoms with E-state index in [9.17, 15) is 0 Å². The van der Waals surface area contributed by atoms with Gasteiger partial charge in [-0.2, -0.15) is 4.98 Å². The number of hydrogen-bond donors (Lipinski definition) is 2. The number of aromatic nitrogens is 3. The normalized spacial score (nSPS) is 10.7. The van der Waals surface area contributed by atoms with Crippen molar-refractivity contribution in [2.45, 2.75) is 19.8 Å². The first-order valence-electron chi connectivity index (χ1n) is 7.80. The lowest BCUT2D eigenvalue weighted by molar-refractivity contribution is 0.464. The minimum Gasteiger partial charge on any atom is -0.437 e. The molecule has 0 aliphatic carbocycles. The molecule has 0 saturated carbocycles. The number of nitrogens with one attached hydrogen (secondary N) is 1. The predicted octanol–water partition coefficient (Wildman–Crippen LogP) is 4.88. The van der Waals surface area contributed by atoms with Crippen LogP contribution in [-0.2, 0) is 0 Å². The second-order valence-corrected chi connectivity index (χ2v) is 6.67. The molecule has 6 nitrogen and oxygen atoms in total. The van der Waals surface area contributed by atoms with Crippen molar-refractivity contribution in [3.63, 3.8) is 0 Å². The van der Waals surface area contributed by atoms with Crippen molar-refractivity contribution in [2.24, 2.45) is 0 Å². The number of rotatable bonds is 5. The zero-order valence-electron chi connectivity index (χ0n) is 13.9. The van der Waals surface area contributed by atoms with Crippen LogP contribution >= 0.6 is 15.9 Å². The second-order valence-electron chi connectivity index (χ2n) is 5.75. The lowest BCUT2D eigenvalue weighted by Gasteiger charge is -2.12. The molecule has 25 heavy (non-hydrogen) atoms. The van der Waals surface area contributed by atoms with Gasteiger partial charge in [-0.05, 0) is 51.7 Å². The minimum absolute atomic E-state index is 0.298. The maximum Gasteiger partial charge on any atom is 0.248 e. The van der Waals surface area contributed by atoms with Crippen molar-refractivity contribution < 1.29 is 4.74 Å². The van der Waals surface area contributed by atoms with Gasteiger partial charge in [0.15, 0.2) is 5.82 Å². The summed E-state index contributed by atoms with van der Waals surface area (Å²) in [5.74, 6) is 2.50. The van der Waals surface area contributed by atoms with E-state index in [1.54, 1.807) is 6.20 Å². The first-order chi connectivity index (χ1) is 12.0. The van der Waals surface area contributed by atoms with Gasteiger partial charge in [0.1, 0.15) is 23.6 Å². The quantitative estimate of drug-likeness (QED) is 0.635. The standard InChI is InChI=1S/C18H18BrN5O/c1-11(2)12-3-6-14(7-4-12)25-18-16(20)17(22-10-23-18)24-15-8-5-13(19)9-21-15/h3-11H,20H2,1-2H3,(H,21,22,23,24). The highest BCUT2D eigenvalue weighted by Gasteiger charge is 2.11. The molecular weight excluding hydrogens is 382 g/mol. The van der Waals surface area contributed by atoms with E-state index in [1.807, 2.05) is 36.4 Å². The lowest BCUT2D eigenvalue weighted by atomic mass is 10.0. The summed E-state index contributed by atoms with van der Waals surface area (Å²) in [6.07, 6.45) is 3.09. The number of hydrogen-bond acceptors (Lipinski definition) is 6. The van der Waals surface area contributed by atoms with E-state index in [-0.39, 0.29) is 0 Å². The van der Waals surface area contributed by atoms with E-state index in [1.165, 1.54) is 11.9 Å². The first kappa shape index (κ1) is 17.2. The molecular formula is C18H18BrN5O. The van der Waals surface area contributed by atoms with E-state index in [0.29, 0.717) is 34.9 Å². The van der Waals surface area contributed by atoms with E-state index >= 15 is 0 Å². The van der Waals surface area contributed by atoms with Crippen molar-refractivity contribution in [1.29, 1.82) is 0 Å². The average Bonchev–Trinajstić information content (AvgIpc) is 2.61. The van der Waals surface area contributed by atoms with Crippen LogP contribution in [0, 0.1) is 0 Å². The summed E-state index contributed by atoms with van der Waals surface area (Å²) in [6, 6.07) is 11.6. The van der Waals surface area contributed by atoms with Gasteiger partial charge in [0.25, 0.3) is 0 Å². The van der Waals surface area contributed by atoms with Gasteiger partial charge in [-0.15, -0.1) is 0 Å². The fourth-order valence-electron chi connectivity index (χ4n) is 2.16. The summed E-state index contributed by atoms with van der Waals surface area (Å²) in [6.45, 7) is 4.29. The van der Waals surface area contributed by atoms with Gasteiger partial charge in [0.05, 0.1) is 0 Å². The van der Waals surface area contributed by atoms with E-state index < -0.39 is 0 Å². The van der Waals surface area contributed by atoms with Gasteiger partial charge < -0.3 is 15.8 Å². The number of anilines is 3. The topological polar surface area (TPSA) is 86.0 Å². The SMILES string of the molecule is CC(C)c1ccc(Oc2ncnc(Nc3ccc(Br)cn3)c2N)cc1. The number of pyridine rings is 1. The van der Waals surface area contributed by atoms with Crippen molar-refractivity contribution in [1.82, 2.24) is 15.0 Å². The summed E-state index contributed by atoms with van der Waals surface area (Å²) in [5.41, 5.74) is 7.70. The number of ether oxygens (including phenoxy) is 1. The van der Waals surface area contributed by atoms with Gasteiger partial charge in [-0.3, -0.25) is 0 Å². The van der Waals surface area contributed by atoms with Gasteiger partial charge in [0, 0.05) is 10.7 Å².